The van der Waals surface area contributed by atoms with E-state index in [0.717, 1.165) is 19.6 Å². The lowest BCUT2D eigenvalue weighted by molar-refractivity contribution is -0.896. The third kappa shape index (κ3) is 6.19. The number of quaternary nitrogens is 1. The molecule has 0 unspecified atom stereocenters. The monoisotopic (exact) mass is 501 g/mol. The number of aromatic nitrogens is 2. The Morgan fingerprint density at radius 1 is 1.18 bits per heavy atom. The summed E-state index contributed by atoms with van der Waals surface area (Å²) in [6, 6.07) is 13.1. The van der Waals surface area contributed by atoms with Crippen molar-refractivity contribution < 1.29 is 19.5 Å². The Labute approximate surface area is 207 Å². The van der Waals surface area contributed by atoms with E-state index >= 15 is 0 Å². The van der Waals surface area contributed by atoms with Gasteiger partial charge in [-0.3, -0.25) is 19.3 Å². The number of ether oxygens (including phenoxy) is 1. The van der Waals surface area contributed by atoms with Crippen LogP contribution in [0.2, 0.25) is 5.02 Å². The number of halogens is 1. The lowest BCUT2D eigenvalue weighted by atomic mass is 10.2. The van der Waals surface area contributed by atoms with Crippen molar-refractivity contribution in [1.29, 1.82) is 0 Å². The number of carbonyl (C=O) groups is 1. The van der Waals surface area contributed by atoms with Crippen LogP contribution in [0.25, 0.3) is 5.69 Å². The average Bonchev–Trinajstić information content (AvgIpc) is 2.83. The largest absolute Gasteiger partial charge is 0.494 e. The number of aliphatic imine (C=N–C) groups is 1. The van der Waals surface area contributed by atoms with E-state index in [1.165, 1.54) is 15.7 Å². The second-order valence-corrected chi connectivity index (χ2v) is 8.28. The molecule has 0 aliphatic carbocycles. The molecule has 0 fully saturated rings. The smallest absolute Gasteiger partial charge is 0.338 e. The fourth-order valence-corrected chi connectivity index (χ4v) is 3.69. The summed E-state index contributed by atoms with van der Waals surface area (Å²) < 4.78 is 6.69. The minimum absolute atomic E-state index is 0.0347. The fourth-order valence-electron chi connectivity index (χ4n) is 3.28. The van der Waals surface area contributed by atoms with E-state index < -0.39 is 11.5 Å². The van der Waals surface area contributed by atoms with E-state index in [4.69, 9.17) is 28.6 Å². The number of carbonyl (C=O) groups excluding carboxylic acids is 1. The second kappa shape index (κ2) is 11.7. The van der Waals surface area contributed by atoms with Crippen molar-refractivity contribution in [1.82, 2.24) is 9.55 Å². The molecule has 1 heterocycles. The molecule has 3 aromatic rings. The van der Waals surface area contributed by atoms with Crippen LogP contribution in [0, 0.1) is 4.77 Å². The third-order valence-corrected chi connectivity index (χ3v) is 5.88. The molecule has 178 valence electrons. The summed E-state index contributed by atoms with van der Waals surface area (Å²) in [4.78, 5) is 32.8. The summed E-state index contributed by atoms with van der Waals surface area (Å²) in [5, 5.41) is 11.2. The molecule has 0 aliphatic rings. The molecular weight excluding hydrogens is 476 g/mol. The van der Waals surface area contributed by atoms with Crippen LogP contribution in [0.3, 0.4) is 0 Å². The number of nitrogens with zero attached hydrogens (tertiary/aromatic N) is 2. The van der Waals surface area contributed by atoms with Gasteiger partial charge in [-0.2, -0.15) is 0 Å². The van der Waals surface area contributed by atoms with Crippen molar-refractivity contribution in [2.24, 2.45) is 4.99 Å². The first kappa shape index (κ1) is 25.4. The zero-order chi connectivity index (χ0) is 24.7. The molecule has 0 bridgehead atoms. The van der Waals surface area contributed by atoms with Gasteiger partial charge in [-0.25, -0.2) is 4.79 Å². The van der Waals surface area contributed by atoms with Gasteiger partial charge >= 0.3 is 5.97 Å². The maximum absolute atomic E-state index is 12.4. The van der Waals surface area contributed by atoms with Gasteiger partial charge in [0.1, 0.15) is 18.7 Å². The lowest BCUT2D eigenvalue weighted by Crippen LogP contribution is -3.11. The number of rotatable bonds is 9. The molecule has 0 aliphatic heterocycles. The first-order valence-corrected chi connectivity index (χ1v) is 11.6. The highest BCUT2D eigenvalue weighted by atomic mass is 35.5. The Bertz CT molecular complexity index is 1280. The Morgan fingerprint density at radius 2 is 1.82 bits per heavy atom. The van der Waals surface area contributed by atoms with Gasteiger partial charge in [0.15, 0.2) is 4.77 Å². The highest BCUT2D eigenvalue weighted by molar-refractivity contribution is 7.71. The maximum Gasteiger partial charge on any atom is 0.338 e. The summed E-state index contributed by atoms with van der Waals surface area (Å²) in [5.41, 5.74) is 0.787. The van der Waals surface area contributed by atoms with Gasteiger partial charge in [-0.05, 0) is 74.6 Å². The van der Waals surface area contributed by atoms with Crippen LogP contribution >= 0.6 is 23.8 Å². The van der Waals surface area contributed by atoms with Crippen molar-refractivity contribution in [2.45, 2.75) is 13.8 Å². The zero-order valence-corrected chi connectivity index (χ0v) is 20.4. The van der Waals surface area contributed by atoms with Crippen LogP contribution in [0.1, 0.15) is 29.8 Å². The second-order valence-electron chi connectivity index (χ2n) is 7.46. The highest BCUT2D eigenvalue weighted by Crippen LogP contribution is 2.21. The maximum atomic E-state index is 12.4. The van der Waals surface area contributed by atoms with Crippen molar-refractivity contribution in [2.75, 3.05) is 26.2 Å². The summed E-state index contributed by atoms with van der Waals surface area (Å²) in [6.45, 7) is 7.26. The molecule has 3 rings (SSSR count). The zero-order valence-electron chi connectivity index (χ0n) is 18.9. The third-order valence-electron chi connectivity index (χ3n) is 5.34. The molecule has 2 aromatic carbocycles. The Morgan fingerprint density at radius 3 is 2.44 bits per heavy atom. The molecule has 3 N–H and O–H groups in total. The molecule has 0 saturated heterocycles. The number of hydrogen-bond acceptors (Lipinski definition) is 6. The topological polar surface area (TPSA) is 101 Å². The van der Waals surface area contributed by atoms with Crippen LogP contribution in [-0.4, -0.2) is 53.1 Å². The molecule has 0 radical (unpaired) electrons. The van der Waals surface area contributed by atoms with Crippen LogP contribution in [-0.2, 0) is 4.74 Å². The number of H-pyrrole nitrogens is 1. The van der Waals surface area contributed by atoms with E-state index in [-0.39, 0.29) is 16.2 Å². The number of nitrogens with one attached hydrogen (secondary N) is 2. The normalized spacial score (nSPS) is 11.3. The van der Waals surface area contributed by atoms with Gasteiger partial charge in [-0.15, -0.1) is 0 Å². The van der Waals surface area contributed by atoms with Gasteiger partial charge in [0, 0.05) is 11.2 Å². The highest BCUT2D eigenvalue weighted by Gasteiger charge is 2.13. The Kier molecular flexibility index (Phi) is 8.75. The van der Waals surface area contributed by atoms with Crippen LogP contribution < -0.4 is 10.5 Å². The van der Waals surface area contributed by atoms with E-state index in [9.17, 15) is 14.7 Å². The van der Waals surface area contributed by atoms with Gasteiger partial charge in [-0.1, -0.05) is 11.6 Å². The molecule has 8 nitrogen and oxygen atoms in total. The summed E-state index contributed by atoms with van der Waals surface area (Å²) in [7, 11) is 0. The molecule has 10 heteroatoms. The fraction of sp³-hybridized carbons (Fsp3) is 0.250. The van der Waals surface area contributed by atoms with Gasteiger partial charge in [0.2, 0.25) is 5.88 Å². The predicted octanol–water partition coefficient (Wildman–Crippen LogP) is 3.09. The minimum Gasteiger partial charge on any atom is -0.494 e. The first-order valence-electron chi connectivity index (χ1n) is 10.8. The molecule has 34 heavy (non-hydrogen) atoms. The SMILES string of the molecule is CC[NH+](CC)CCOC(=O)c1ccc(N=Cc2c(O)n(-c3ccc(Cl)cc3)c(=S)[nH]c2=O)cc1. The predicted molar refractivity (Wildman–Crippen MR) is 135 cm³/mol. The quantitative estimate of drug-likeness (QED) is 0.238. The van der Waals surface area contributed by atoms with E-state index in [0.29, 0.717) is 28.6 Å². The van der Waals surface area contributed by atoms with E-state index in [1.54, 1.807) is 48.5 Å². The average molecular weight is 502 g/mol. The van der Waals surface area contributed by atoms with Crippen LogP contribution in [0.5, 0.6) is 5.88 Å². The van der Waals surface area contributed by atoms with Crippen molar-refractivity contribution >= 4 is 41.7 Å². The standard InChI is InChI=1S/C24H25ClN4O4S/c1-3-28(4-2)13-14-33-23(32)16-5-9-18(10-6-16)26-15-20-21(30)27-24(34)29(22(20)31)19-11-7-17(25)8-12-19/h5-12,15,31H,3-4,13-14H2,1-2H3,(H,27,30,34)/p+1. The molecular formula is C24H26ClN4O4S+. The number of aromatic hydroxyl groups is 1. The van der Waals surface area contributed by atoms with Gasteiger partial charge < -0.3 is 14.7 Å². The number of likely N-dealkylation sites (N-methyl/N-ethyl adjacent to an activating group) is 1. The van der Waals surface area contributed by atoms with Gasteiger partial charge in [0.25, 0.3) is 5.56 Å². The van der Waals surface area contributed by atoms with E-state index in [1.807, 2.05) is 0 Å². The van der Waals surface area contributed by atoms with Crippen LogP contribution in [0.15, 0.2) is 58.3 Å². The molecule has 0 atom stereocenters. The van der Waals surface area contributed by atoms with Crippen molar-refractivity contribution in [3.05, 3.63) is 79.8 Å². The Hall–Kier alpha value is -3.27. The molecule has 0 spiro atoms. The summed E-state index contributed by atoms with van der Waals surface area (Å²) >= 11 is 11.1. The van der Waals surface area contributed by atoms with E-state index in [2.05, 4.69) is 23.8 Å². The Balaban J connectivity index is 1.76. The van der Waals surface area contributed by atoms with Crippen LogP contribution in [0.4, 0.5) is 5.69 Å². The molecule has 0 saturated carbocycles. The van der Waals surface area contributed by atoms with Crippen molar-refractivity contribution in [3.8, 4) is 11.6 Å². The number of benzene rings is 2. The lowest BCUT2D eigenvalue weighted by Gasteiger charge is -2.15. The molecule has 0 amide bonds. The summed E-state index contributed by atoms with van der Waals surface area (Å²) in [6.07, 6.45) is 1.25. The minimum atomic E-state index is -0.577. The van der Waals surface area contributed by atoms with Gasteiger partial charge in [0.05, 0.1) is 30.0 Å². The molecule has 1 aromatic heterocycles. The number of esters is 1. The van der Waals surface area contributed by atoms with Crippen molar-refractivity contribution in [3.63, 3.8) is 0 Å². The number of aromatic amines is 1. The number of hydrogen-bond donors (Lipinski definition) is 3. The first-order chi connectivity index (χ1) is 16.3. The summed E-state index contributed by atoms with van der Waals surface area (Å²) in [5.74, 6) is -0.753.